The van der Waals surface area contributed by atoms with Gasteiger partial charge in [-0.3, -0.25) is 4.99 Å². The van der Waals surface area contributed by atoms with E-state index in [9.17, 15) is 8.42 Å². The Kier molecular flexibility index (Phi) is 5.70. The van der Waals surface area contributed by atoms with Crippen molar-refractivity contribution in [3.63, 3.8) is 0 Å². The SMILES string of the molecule is CCNC(=NCCS(N)(=O)=O)NC1CCCC1. The Bertz CT molecular complexity index is 347. The quantitative estimate of drug-likeness (QED) is 0.471. The van der Waals surface area contributed by atoms with Gasteiger partial charge in [0, 0.05) is 12.6 Å². The summed E-state index contributed by atoms with van der Waals surface area (Å²) in [7, 11) is -3.42. The van der Waals surface area contributed by atoms with E-state index >= 15 is 0 Å². The average molecular weight is 262 g/mol. The standard InChI is InChI=1S/C10H22N4O2S/c1-2-12-10(13-7-8-17(11,15)16)14-9-5-3-4-6-9/h9H,2-8H2,1H3,(H2,11,15,16)(H2,12,13,14). The van der Waals surface area contributed by atoms with E-state index < -0.39 is 10.0 Å². The van der Waals surface area contributed by atoms with Crippen LogP contribution in [0.5, 0.6) is 0 Å². The first-order valence-corrected chi connectivity index (χ1v) is 7.78. The highest BCUT2D eigenvalue weighted by atomic mass is 32.2. The molecular weight excluding hydrogens is 240 g/mol. The molecule has 0 aromatic heterocycles. The number of nitrogens with zero attached hydrogens (tertiary/aromatic N) is 1. The Morgan fingerprint density at radius 1 is 1.41 bits per heavy atom. The zero-order valence-corrected chi connectivity index (χ0v) is 11.1. The topological polar surface area (TPSA) is 96.6 Å². The lowest BCUT2D eigenvalue weighted by atomic mass is 10.2. The molecule has 4 N–H and O–H groups in total. The summed E-state index contributed by atoms with van der Waals surface area (Å²) >= 11 is 0. The van der Waals surface area contributed by atoms with E-state index in [1.54, 1.807) is 0 Å². The first kappa shape index (κ1) is 14.2. The van der Waals surface area contributed by atoms with Gasteiger partial charge in [-0.1, -0.05) is 12.8 Å². The van der Waals surface area contributed by atoms with Gasteiger partial charge in [0.25, 0.3) is 0 Å². The molecule has 17 heavy (non-hydrogen) atoms. The Balaban J connectivity index is 2.42. The molecule has 0 aromatic carbocycles. The summed E-state index contributed by atoms with van der Waals surface area (Å²) in [4.78, 5) is 4.20. The van der Waals surface area contributed by atoms with E-state index in [2.05, 4.69) is 15.6 Å². The molecular formula is C10H22N4O2S. The van der Waals surface area contributed by atoms with Crippen LogP contribution in [0.2, 0.25) is 0 Å². The van der Waals surface area contributed by atoms with Gasteiger partial charge in [-0.05, 0) is 19.8 Å². The maximum atomic E-state index is 10.8. The van der Waals surface area contributed by atoms with Gasteiger partial charge in [0.05, 0.1) is 12.3 Å². The van der Waals surface area contributed by atoms with Crippen LogP contribution >= 0.6 is 0 Å². The second-order valence-corrected chi connectivity index (χ2v) is 5.99. The Morgan fingerprint density at radius 3 is 2.59 bits per heavy atom. The molecule has 1 aliphatic carbocycles. The van der Waals surface area contributed by atoms with Crippen LogP contribution in [0.4, 0.5) is 0 Å². The highest BCUT2D eigenvalue weighted by molar-refractivity contribution is 7.89. The number of aliphatic imine (C=N–C) groups is 1. The highest BCUT2D eigenvalue weighted by Crippen LogP contribution is 2.17. The van der Waals surface area contributed by atoms with Crippen molar-refractivity contribution in [3.05, 3.63) is 0 Å². The van der Waals surface area contributed by atoms with Crippen LogP contribution in [0.25, 0.3) is 0 Å². The molecule has 0 bridgehead atoms. The molecule has 0 unspecified atom stereocenters. The first-order chi connectivity index (χ1) is 8.01. The normalized spacial score (nSPS) is 18.4. The lowest BCUT2D eigenvalue weighted by Crippen LogP contribution is -2.42. The molecule has 0 radical (unpaired) electrons. The molecule has 0 heterocycles. The molecule has 1 saturated carbocycles. The summed E-state index contributed by atoms with van der Waals surface area (Å²) in [5.74, 6) is 0.567. The number of guanidine groups is 1. The fraction of sp³-hybridized carbons (Fsp3) is 0.900. The maximum Gasteiger partial charge on any atom is 0.210 e. The number of hydrogen-bond acceptors (Lipinski definition) is 3. The van der Waals surface area contributed by atoms with E-state index in [0.29, 0.717) is 12.0 Å². The monoisotopic (exact) mass is 262 g/mol. The van der Waals surface area contributed by atoms with Crippen molar-refractivity contribution in [2.24, 2.45) is 10.1 Å². The van der Waals surface area contributed by atoms with E-state index in [1.807, 2.05) is 6.92 Å². The Labute approximate surface area is 103 Å². The molecule has 0 atom stereocenters. The van der Waals surface area contributed by atoms with E-state index in [-0.39, 0.29) is 12.3 Å². The Morgan fingerprint density at radius 2 is 2.06 bits per heavy atom. The van der Waals surface area contributed by atoms with Crippen LogP contribution in [-0.4, -0.2) is 39.3 Å². The summed E-state index contributed by atoms with van der Waals surface area (Å²) < 4.78 is 21.6. The molecule has 1 rings (SSSR count). The number of sulfonamides is 1. The second kappa shape index (κ2) is 6.80. The van der Waals surface area contributed by atoms with Crippen LogP contribution in [0.3, 0.4) is 0 Å². The summed E-state index contributed by atoms with van der Waals surface area (Å²) in [5.41, 5.74) is 0. The summed E-state index contributed by atoms with van der Waals surface area (Å²) in [6.45, 7) is 2.93. The fourth-order valence-electron chi connectivity index (χ4n) is 1.87. The van der Waals surface area contributed by atoms with Crippen molar-refractivity contribution in [2.75, 3.05) is 18.8 Å². The van der Waals surface area contributed by atoms with Crippen LogP contribution < -0.4 is 15.8 Å². The van der Waals surface area contributed by atoms with Gasteiger partial charge in [0.15, 0.2) is 5.96 Å². The van der Waals surface area contributed by atoms with E-state index in [1.165, 1.54) is 12.8 Å². The molecule has 0 amide bonds. The predicted octanol–water partition coefficient (Wildman–Crippen LogP) is -0.227. The highest BCUT2D eigenvalue weighted by Gasteiger charge is 2.15. The summed E-state index contributed by atoms with van der Waals surface area (Å²) in [6, 6.07) is 0.460. The van der Waals surface area contributed by atoms with Crippen molar-refractivity contribution < 1.29 is 8.42 Å². The van der Waals surface area contributed by atoms with Crippen molar-refractivity contribution in [1.82, 2.24) is 10.6 Å². The molecule has 6 nitrogen and oxygen atoms in total. The van der Waals surface area contributed by atoms with Gasteiger partial charge in [-0.2, -0.15) is 0 Å². The number of nitrogens with one attached hydrogen (secondary N) is 2. The lowest BCUT2D eigenvalue weighted by molar-refractivity contribution is 0.597. The van der Waals surface area contributed by atoms with Gasteiger partial charge in [-0.15, -0.1) is 0 Å². The van der Waals surface area contributed by atoms with Crippen LogP contribution in [0.15, 0.2) is 4.99 Å². The predicted molar refractivity (Wildman–Crippen MR) is 69.3 cm³/mol. The smallest absolute Gasteiger partial charge is 0.210 e. The summed E-state index contributed by atoms with van der Waals surface area (Å²) in [5, 5.41) is 11.3. The van der Waals surface area contributed by atoms with Crippen LogP contribution in [0.1, 0.15) is 32.6 Å². The number of hydrogen-bond donors (Lipinski definition) is 3. The van der Waals surface area contributed by atoms with Crippen LogP contribution in [0, 0.1) is 0 Å². The third kappa shape index (κ3) is 6.48. The van der Waals surface area contributed by atoms with Crippen molar-refractivity contribution in [3.8, 4) is 0 Å². The number of nitrogens with two attached hydrogens (primary N) is 1. The zero-order valence-electron chi connectivity index (χ0n) is 10.3. The van der Waals surface area contributed by atoms with Crippen molar-refractivity contribution in [1.29, 1.82) is 0 Å². The zero-order chi connectivity index (χ0) is 12.7. The maximum absolute atomic E-state index is 10.8. The minimum Gasteiger partial charge on any atom is -0.357 e. The number of rotatable bonds is 5. The second-order valence-electron chi connectivity index (χ2n) is 4.25. The molecule has 100 valence electrons. The van der Waals surface area contributed by atoms with E-state index in [4.69, 9.17) is 5.14 Å². The molecule has 0 spiro atoms. The molecule has 0 aliphatic heterocycles. The third-order valence-electron chi connectivity index (χ3n) is 2.69. The van der Waals surface area contributed by atoms with Crippen molar-refractivity contribution >= 4 is 16.0 Å². The number of primary sulfonamides is 1. The molecule has 1 aliphatic rings. The van der Waals surface area contributed by atoms with Gasteiger partial charge < -0.3 is 10.6 Å². The van der Waals surface area contributed by atoms with Crippen LogP contribution in [-0.2, 0) is 10.0 Å². The molecule has 7 heteroatoms. The largest absolute Gasteiger partial charge is 0.357 e. The fourth-order valence-corrected chi connectivity index (χ4v) is 2.21. The average Bonchev–Trinajstić information content (AvgIpc) is 2.68. The third-order valence-corrected chi connectivity index (χ3v) is 3.44. The molecule has 0 saturated heterocycles. The van der Waals surface area contributed by atoms with Crippen molar-refractivity contribution in [2.45, 2.75) is 38.6 Å². The van der Waals surface area contributed by atoms with Gasteiger partial charge in [-0.25, -0.2) is 13.6 Å². The lowest BCUT2D eigenvalue weighted by Gasteiger charge is -2.16. The Hall–Kier alpha value is -0.820. The first-order valence-electron chi connectivity index (χ1n) is 6.06. The van der Waals surface area contributed by atoms with Gasteiger partial charge >= 0.3 is 0 Å². The minimum absolute atomic E-state index is 0.117. The summed E-state index contributed by atoms with van der Waals surface area (Å²) in [6.07, 6.45) is 4.79. The van der Waals surface area contributed by atoms with E-state index in [0.717, 1.165) is 19.4 Å². The molecule has 1 fully saturated rings. The van der Waals surface area contributed by atoms with Gasteiger partial charge in [0.1, 0.15) is 0 Å². The molecule has 0 aromatic rings. The van der Waals surface area contributed by atoms with Gasteiger partial charge in [0.2, 0.25) is 10.0 Å². The minimum atomic E-state index is -3.42.